The molecule has 0 saturated heterocycles. The van der Waals surface area contributed by atoms with Crippen molar-refractivity contribution in [1.29, 1.82) is 0 Å². The molecule has 218 valence electrons. The third-order valence-corrected chi connectivity index (χ3v) is 7.00. The Kier molecular flexibility index (Phi) is 14.8. The number of nitrogens with two attached hydrogens (primary N) is 2. The van der Waals surface area contributed by atoms with Crippen LogP contribution >= 0.6 is 11.8 Å². The van der Waals surface area contributed by atoms with Crippen LogP contribution in [0.4, 0.5) is 0 Å². The molecule has 40 heavy (non-hydrogen) atoms. The lowest BCUT2D eigenvalue weighted by atomic mass is 10.0. The number of carboxylic acid groups (broad SMARTS) is 1. The highest BCUT2D eigenvalue weighted by atomic mass is 32.2. The summed E-state index contributed by atoms with van der Waals surface area (Å²) in [4.78, 5) is 51.4. The standard InChI is InChI=1S/C29H41N5O5S/c1-40-17-15-24(29(38)39)33-27(36)23(14-8-9-16-30)32-28(37)25(19-21-12-6-3-7-13-21)34-26(35)22(31)18-20-10-4-2-5-11-20/h2-7,10-13,22-25H,8-9,14-19,30-31H2,1H3,(H,32,37)(H,33,36)(H,34,35)(H,38,39). The zero-order valence-corrected chi connectivity index (χ0v) is 23.7. The topological polar surface area (TPSA) is 177 Å². The van der Waals surface area contributed by atoms with E-state index in [0.717, 1.165) is 11.1 Å². The van der Waals surface area contributed by atoms with Gasteiger partial charge < -0.3 is 32.5 Å². The van der Waals surface area contributed by atoms with Gasteiger partial charge in [-0.15, -0.1) is 0 Å². The van der Waals surface area contributed by atoms with Crippen molar-refractivity contribution in [2.24, 2.45) is 11.5 Å². The van der Waals surface area contributed by atoms with E-state index in [-0.39, 0.29) is 19.3 Å². The van der Waals surface area contributed by atoms with E-state index < -0.39 is 47.9 Å². The highest BCUT2D eigenvalue weighted by Crippen LogP contribution is 2.09. The molecule has 0 aliphatic heterocycles. The molecule has 2 rings (SSSR count). The van der Waals surface area contributed by atoms with Crippen molar-refractivity contribution in [2.45, 2.75) is 62.7 Å². The Labute approximate surface area is 240 Å². The molecule has 2 aromatic rings. The summed E-state index contributed by atoms with van der Waals surface area (Å²) < 4.78 is 0. The third kappa shape index (κ3) is 11.8. The lowest BCUT2D eigenvalue weighted by molar-refractivity contribution is -0.142. The normalized spacial score (nSPS) is 13.9. The predicted molar refractivity (Wildman–Crippen MR) is 158 cm³/mol. The van der Waals surface area contributed by atoms with E-state index in [0.29, 0.717) is 31.6 Å². The molecule has 11 heteroatoms. The van der Waals surface area contributed by atoms with E-state index in [1.54, 1.807) is 0 Å². The number of hydrogen-bond donors (Lipinski definition) is 6. The van der Waals surface area contributed by atoms with E-state index in [9.17, 15) is 24.3 Å². The molecule has 0 aromatic heterocycles. The first-order valence-corrected chi connectivity index (χ1v) is 14.8. The molecule has 0 aliphatic rings. The summed E-state index contributed by atoms with van der Waals surface area (Å²) in [7, 11) is 0. The maximum absolute atomic E-state index is 13.5. The van der Waals surface area contributed by atoms with Gasteiger partial charge in [-0.3, -0.25) is 14.4 Å². The van der Waals surface area contributed by atoms with E-state index >= 15 is 0 Å². The number of hydrogen-bond acceptors (Lipinski definition) is 7. The van der Waals surface area contributed by atoms with Crippen LogP contribution in [-0.4, -0.2) is 71.5 Å². The minimum absolute atomic E-state index is 0.180. The maximum Gasteiger partial charge on any atom is 0.326 e. The molecular formula is C29H41N5O5S. The molecule has 0 saturated carbocycles. The van der Waals surface area contributed by atoms with Gasteiger partial charge in [0.15, 0.2) is 0 Å². The molecule has 0 bridgehead atoms. The van der Waals surface area contributed by atoms with Crippen molar-refractivity contribution < 1.29 is 24.3 Å². The number of carboxylic acids is 1. The number of carbonyl (C=O) groups is 4. The first kappa shape index (κ1) is 32.8. The molecule has 8 N–H and O–H groups in total. The lowest BCUT2D eigenvalue weighted by Crippen LogP contribution is -2.57. The largest absolute Gasteiger partial charge is 0.480 e. The van der Waals surface area contributed by atoms with Crippen molar-refractivity contribution >= 4 is 35.5 Å². The summed E-state index contributed by atoms with van der Waals surface area (Å²) in [6.07, 6.45) is 4.02. The Morgan fingerprint density at radius 1 is 0.750 bits per heavy atom. The Hall–Kier alpha value is -3.41. The van der Waals surface area contributed by atoms with Crippen LogP contribution in [0.5, 0.6) is 0 Å². The number of thioether (sulfide) groups is 1. The summed E-state index contributed by atoms with van der Waals surface area (Å²) in [5.74, 6) is -2.24. The maximum atomic E-state index is 13.5. The van der Waals surface area contributed by atoms with Crippen LogP contribution in [0, 0.1) is 0 Å². The first-order chi connectivity index (χ1) is 19.2. The average Bonchev–Trinajstić information content (AvgIpc) is 2.95. The molecule has 2 aromatic carbocycles. The first-order valence-electron chi connectivity index (χ1n) is 13.4. The van der Waals surface area contributed by atoms with Gasteiger partial charge in [0.05, 0.1) is 6.04 Å². The zero-order valence-electron chi connectivity index (χ0n) is 22.9. The molecule has 4 unspecified atom stereocenters. The minimum Gasteiger partial charge on any atom is -0.480 e. The number of nitrogens with one attached hydrogen (secondary N) is 3. The Morgan fingerprint density at radius 2 is 1.27 bits per heavy atom. The Balaban J connectivity index is 2.19. The summed E-state index contributed by atoms with van der Waals surface area (Å²) in [6, 6.07) is 14.5. The van der Waals surface area contributed by atoms with Crippen LogP contribution < -0.4 is 27.4 Å². The number of unbranched alkanes of at least 4 members (excludes halogenated alkanes) is 1. The van der Waals surface area contributed by atoms with Gasteiger partial charge in [-0.05, 0) is 61.8 Å². The molecule has 3 amide bonds. The number of amides is 3. The summed E-state index contributed by atoms with van der Waals surface area (Å²) in [5, 5.41) is 17.6. The van der Waals surface area contributed by atoms with Crippen LogP contribution in [0.15, 0.2) is 60.7 Å². The summed E-state index contributed by atoms with van der Waals surface area (Å²) >= 11 is 1.47. The molecule has 0 aliphatic carbocycles. The van der Waals surface area contributed by atoms with Crippen molar-refractivity contribution in [3.63, 3.8) is 0 Å². The van der Waals surface area contributed by atoms with Gasteiger partial charge in [0.25, 0.3) is 0 Å². The summed E-state index contributed by atoms with van der Waals surface area (Å²) in [5.41, 5.74) is 13.5. The van der Waals surface area contributed by atoms with Gasteiger partial charge in [0, 0.05) is 6.42 Å². The molecule has 4 atom stereocenters. The summed E-state index contributed by atoms with van der Waals surface area (Å²) in [6.45, 7) is 0.416. The highest BCUT2D eigenvalue weighted by Gasteiger charge is 2.30. The minimum atomic E-state index is -1.14. The number of benzene rings is 2. The molecular weight excluding hydrogens is 530 g/mol. The van der Waals surface area contributed by atoms with Gasteiger partial charge >= 0.3 is 5.97 Å². The van der Waals surface area contributed by atoms with Crippen LogP contribution in [0.1, 0.15) is 36.8 Å². The van der Waals surface area contributed by atoms with Crippen LogP contribution in [0.25, 0.3) is 0 Å². The van der Waals surface area contributed by atoms with Gasteiger partial charge in [-0.2, -0.15) is 11.8 Å². The highest BCUT2D eigenvalue weighted by molar-refractivity contribution is 7.98. The van der Waals surface area contributed by atoms with E-state index in [1.165, 1.54) is 11.8 Å². The van der Waals surface area contributed by atoms with Gasteiger partial charge in [-0.25, -0.2) is 4.79 Å². The van der Waals surface area contributed by atoms with Crippen LogP contribution in [0.3, 0.4) is 0 Å². The Morgan fingerprint density at radius 3 is 1.82 bits per heavy atom. The zero-order chi connectivity index (χ0) is 29.3. The SMILES string of the molecule is CSCCC(NC(=O)C(CCCCN)NC(=O)C(Cc1ccccc1)NC(=O)C(N)Cc1ccccc1)C(=O)O. The second-order valence-corrected chi connectivity index (χ2v) is 10.6. The smallest absolute Gasteiger partial charge is 0.326 e. The van der Waals surface area contributed by atoms with Crippen molar-refractivity contribution in [1.82, 2.24) is 16.0 Å². The van der Waals surface area contributed by atoms with E-state index in [1.807, 2.05) is 66.9 Å². The molecule has 0 heterocycles. The molecule has 0 radical (unpaired) electrons. The van der Waals surface area contributed by atoms with Crippen LogP contribution in [0.2, 0.25) is 0 Å². The van der Waals surface area contributed by atoms with Crippen LogP contribution in [-0.2, 0) is 32.0 Å². The fourth-order valence-electron chi connectivity index (χ4n) is 4.10. The second kappa shape index (κ2) is 18.0. The van der Waals surface area contributed by atoms with Crippen molar-refractivity contribution in [3.8, 4) is 0 Å². The monoisotopic (exact) mass is 571 g/mol. The average molecular weight is 572 g/mol. The number of rotatable bonds is 18. The fraction of sp³-hybridized carbons (Fsp3) is 0.448. The fourth-order valence-corrected chi connectivity index (χ4v) is 4.57. The van der Waals surface area contributed by atoms with Crippen molar-refractivity contribution in [2.75, 3.05) is 18.6 Å². The third-order valence-electron chi connectivity index (χ3n) is 6.36. The molecule has 10 nitrogen and oxygen atoms in total. The van der Waals surface area contributed by atoms with Gasteiger partial charge in [0.1, 0.15) is 18.1 Å². The van der Waals surface area contributed by atoms with E-state index in [4.69, 9.17) is 11.5 Å². The number of aliphatic carboxylic acids is 1. The Bertz CT molecular complexity index is 1070. The predicted octanol–water partition coefficient (Wildman–Crippen LogP) is 1.22. The lowest BCUT2D eigenvalue weighted by Gasteiger charge is -2.25. The quantitative estimate of drug-likeness (QED) is 0.145. The molecule has 0 fully saturated rings. The number of carbonyl (C=O) groups excluding carboxylic acids is 3. The van der Waals surface area contributed by atoms with Gasteiger partial charge in [-0.1, -0.05) is 60.7 Å². The molecule has 0 spiro atoms. The second-order valence-electron chi connectivity index (χ2n) is 9.57. The van der Waals surface area contributed by atoms with E-state index in [2.05, 4.69) is 16.0 Å². The van der Waals surface area contributed by atoms with Gasteiger partial charge in [0.2, 0.25) is 17.7 Å². The van der Waals surface area contributed by atoms with Crippen molar-refractivity contribution in [3.05, 3.63) is 71.8 Å².